The van der Waals surface area contributed by atoms with E-state index in [9.17, 15) is 9.90 Å². The van der Waals surface area contributed by atoms with Crippen molar-refractivity contribution in [2.75, 3.05) is 13.1 Å². The number of piperidine rings is 1. The highest BCUT2D eigenvalue weighted by molar-refractivity contribution is 9.11. The number of carboxylic acid groups (broad SMARTS) is 1. The van der Waals surface area contributed by atoms with Crippen LogP contribution in [0.1, 0.15) is 29.3 Å². The van der Waals surface area contributed by atoms with Crippen molar-refractivity contribution in [1.29, 1.82) is 0 Å². The number of benzene rings is 2. The van der Waals surface area contributed by atoms with Crippen LogP contribution in [0.2, 0.25) is 0 Å². The van der Waals surface area contributed by atoms with E-state index in [4.69, 9.17) is 0 Å². The average molecular weight is 430 g/mol. The highest BCUT2D eigenvalue weighted by Crippen LogP contribution is 2.38. The molecule has 2 aromatic carbocycles. The lowest BCUT2D eigenvalue weighted by molar-refractivity contribution is -0.143. The average Bonchev–Trinajstić information content (AvgIpc) is 3.08. The molecule has 1 fully saturated rings. The zero-order valence-electron chi connectivity index (χ0n) is 14.3. The van der Waals surface area contributed by atoms with Crippen LogP contribution in [0.4, 0.5) is 0 Å². The summed E-state index contributed by atoms with van der Waals surface area (Å²) in [6, 6.07) is 19.3. The minimum Gasteiger partial charge on any atom is -0.481 e. The monoisotopic (exact) mass is 429 g/mol. The quantitative estimate of drug-likeness (QED) is 0.590. The van der Waals surface area contributed by atoms with E-state index in [1.54, 1.807) is 11.3 Å². The van der Waals surface area contributed by atoms with Gasteiger partial charge in [-0.15, -0.1) is 11.3 Å². The molecule has 0 aliphatic carbocycles. The van der Waals surface area contributed by atoms with Gasteiger partial charge in [0.1, 0.15) is 0 Å². The summed E-state index contributed by atoms with van der Waals surface area (Å²) in [7, 11) is 0. The molecule has 0 amide bonds. The smallest absolute Gasteiger partial charge is 0.307 e. The maximum atomic E-state index is 11.5. The van der Waals surface area contributed by atoms with Crippen molar-refractivity contribution < 1.29 is 9.90 Å². The predicted molar refractivity (Wildman–Crippen MR) is 110 cm³/mol. The van der Waals surface area contributed by atoms with Crippen LogP contribution in [0.15, 0.2) is 58.4 Å². The van der Waals surface area contributed by atoms with Crippen LogP contribution >= 0.6 is 27.3 Å². The third-order valence-corrected chi connectivity index (χ3v) is 6.80. The second-order valence-corrected chi connectivity index (χ2v) is 9.32. The lowest BCUT2D eigenvalue weighted by atomic mass is 9.93. The molecular formula is C21H20BrNO2S. The van der Waals surface area contributed by atoms with Crippen molar-refractivity contribution in [1.82, 2.24) is 4.90 Å². The van der Waals surface area contributed by atoms with E-state index >= 15 is 0 Å². The molecule has 1 aliphatic heterocycles. The fourth-order valence-corrected chi connectivity index (χ4v) is 5.44. The largest absolute Gasteiger partial charge is 0.481 e. The van der Waals surface area contributed by atoms with Crippen LogP contribution in [0.5, 0.6) is 0 Å². The first-order valence-corrected chi connectivity index (χ1v) is 10.4. The molecule has 1 aromatic heterocycles. The lowest BCUT2D eigenvalue weighted by Gasteiger charge is -2.37. The Kier molecular flexibility index (Phi) is 5.11. The number of nitrogens with zero attached hydrogens (tertiary/aromatic N) is 1. The molecule has 5 heteroatoms. The van der Waals surface area contributed by atoms with Crippen molar-refractivity contribution >= 4 is 44.0 Å². The number of aliphatic carboxylic acids is 1. The molecule has 0 bridgehead atoms. The second kappa shape index (κ2) is 7.51. The fourth-order valence-electron chi connectivity index (χ4n) is 3.85. The third kappa shape index (κ3) is 3.56. The summed E-state index contributed by atoms with van der Waals surface area (Å²) in [5, 5.41) is 11.9. The van der Waals surface area contributed by atoms with Crippen LogP contribution in [-0.4, -0.2) is 29.1 Å². The minimum absolute atomic E-state index is 0.0954. The maximum absolute atomic E-state index is 11.5. The minimum atomic E-state index is -0.681. The number of thiophene rings is 1. The molecule has 26 heavy (non-hydrogen) atoms. The van der Waals surface area contributed by atoms with E-state index in [2.05, 4.69) is 75.4 Å². The van der Waals surface area contributed by atoms with Crippen LogP contribution in [-0.2, 0) is 4.79 Å². The molecular weight excluding hydrogens is 410 g/mol. The summed E-state index contributed by atoms with van der Waals surface area (Å²) in [6.07, 6.45) is 1.69. The molecule has 1 aliphatic rings. The van der Waals surface area contributed by atoms with E-state index in [0.717, 1.165) is 23.2 Å². The van der Waals surface area contributed by atoms with Gasteiger partial charge in [-0.3, -0.25) is 9.69 Å². The van der Waals surface area contributed by atoms with Gasteiger partial charge >= 0.3 is 5.97 Å². The Morgan fingerprint density at radius 1 is 1.15 bits per heavy atom. The number of fused-ring (bicyclic) bond motifs is 1. The number of halogens is 1. The molecule has 0 radical (unpaired) electrons. The molecule has 1 saturated heterocycles. The van der Waals surface area contributed by atoms with Gasteiger partial charge in [-0.1, -0.05) is 36.4 Å². The standard InChI is InChI=1S/C21H20BrNO2S/c22-19-10-9-18(26-19)20(23-11-3-6-17(13-23)21(24)25)16-8-7-14-4-1-2-5-15(14)12-16/h1-2,4-5,7-10,12,17,20H,3,6,11,13H2,(H,24,25). The van der Waals surface area contributed by atoms with Crippen LogP contribution < -0.4 is 0 Å². The lowest BCUT2D eigenvalue weighted by Crippen LogP contribution is -2.41. The Labute approximate surface area is 165 Å². The Bertz CT molecular complexity index is 938. The number of hydrogen-bond donors (Lipinski definition) is 1. The van der Waals surface area contributed by atoms with Gasteiger partial charge in [0.2, 0.25) is 0 Å². The Hall–Kier alpha value is -1.69. The first-order valence-electron chi connectivity index (χ1n) is 8.82. The van der Waals surface area contributed by atoms with Crippen molar-refractivity contribution in [3.05, 3.63) is 68.8 Å². The molecule has 4 rings (SSSR count). The topological polar surface area (TPSA) is 40.5 Å². The van der Waals surface area contributed by atoms with Gasteiger partial charge in [-0.05, 0) is 69.9 Å². The zero-order chi connectivity index (χ0) is 18.1. The number of hydrogen-bond acceptors (Lipinski definition) is 3. The van der Waals surface area contributed by atoms with Gasteiger partial charge in [-0.25, -0.2) is 0 Å². The van der Waals surface area contributed by atoms with E-state index in [-0.39, 0.29) is 12.0 Å². The Morgan fingerprint density at radius 2 is 1.96 bits per heavy atom. The zero-order valence-corrected chi connectivity index (χ0v) is 16.7. The Balaban J connectivity index is 1.76. The van der Waals surface area contributed by atoms with Crippen molar-refractivity contribution in [2.24, 2.45) is 5.92 Å². The van der Waals surface area contributed by atoms with Crippen LogP contribution in [0.25, 0.3) is 10.8 Å². The van der Waals surface area contributed by atoms with Crippen molar-refractivity contribution in [3.63, 3.8) is 0 Å². The number of carboxylic acids is 1. The molecule has 2 unspecified atom stereocenters. The summed E-state index contributed by atoms with van der Waals surface area (Å²) < 4.78 is 1.10. The summed E-state index contributed by atoms with van der Waals surface area (Å²) in [6.45, 7) is 1.53. The van der Waals surface area contributed by atoms with E-state index in [0.29, 0.717) is 6.54 Å². The number of rotatable bonds is 4. The molecule has 3 nitrogen and oxygen atoms in total. The summed E-state index contributed by atoms with van der Waals surface area (Å²) in [4.78, 5) is 15.1. The third-order valence-electron chi connectivity index (χ3n) is 5.12. The summed E-state index contributed by atoms with van der Waals surface area (Å²) in [5.41, 5.74) is 1.23. The molecule has 134 valence electrons. The fraction of sp³-hybridized carbons (Fsp3) is 0.286. The van der Waals surface area contributed by atoms with Gasteiger partial charge < -0.3 is 5.11 Å². The molecule has 1 N–H and O–H groups in total. The summed E-state index contributed by atoms with van der Waals surface area (Å²) in [5.74, 6) is -0.963. The summed E-state index contributed by atoms with van der Waals surface area (Å²) >= 11 is 5.30. The van der Waals surface area contributed by atoms with Crippen molar-refractivity contribution in [3.8, 4) is 0 Å². The number of carbonyl (C=O) groups is 1. The molecule has 3 aromatic rings. The van der Waals surface area contributed by atoms with E-state index in [1.165, 1.54) is 21.2 Å². The normalized spacial score (nSPS) is 19.5. The van der Waals surface area contributed by atoms with Gasteiger partial charge in [0.05, 0.1) is 15.7 Å². The van der Waals surface area contributed by atoms with Gasteiger partial charge in [0.15, 0.2) is 0 Å². The van der Waals surface area contributed by atoms with E-state index < -0.39 is 5.97 Å². The molecule has 2 atom stereocenters. The molecule has 2 heterocycles. The molecule has 0 saturated carbocycles. The van der Waals surface area contributed by atoms with Gasteiger partial charge in [0, 0.05) is 11.4 Å². The van der Waals surface area contributed by atoms with Crippen LogP contribution in [0.3, 0.4) is 0 Å². The predicted octanol–water partition coefficient (Wildman–Crippen LogP) is 5.55. The van der Waals surface area contributed by atoms with Crippen LogP contribution in [0, 0.1) is 5.92 Å². The van der Waals surface area contributed by atoms with Crippen molar-refractivity contribution in [2.45, 2.75) is 18.9 Å². The van der Waals surface area contributed by atoms with Gasteiger partial charge in [0.25, 0.3) is 0 Å². The SMILES string of the molecule is O=C(O)C1CCCN(C(c2ccc3ccccc3c2)c2ccc(Br)s2)C1. The number of likely N-dealkylation sites (tertiary alicyclic amines) is 1. The first kappa shape index (κ1) is 17.7. The first-order chi connectivity index (χ1) is 12.6. The molecule has 0 spiro atoms. The maximum Gasteiger partial charge on any atom is 0.307 e. The highest BCUT2D eigenvalue weighted by atomic mass is 79.9. The van der Waals surface area contributed by atoms with E-state index in [1.807, 2.05) is 0 Å². The highest BCUT2D eigenvalue weighted by Gasteiger charge is 2.32. The second-order valence-electron chi connectivity index (χ2n) is 6.82. The van der Waals surface area contributed by atoms with Gasteiger partial charge in [-0.2, -0.15) is 0 Å². The Morgan fingerprint density at radius 3 is 2.69 bits per heavy atom.